The summed E-state index contributed by atoms with van der Waals surface area (Å²) in [4.78, 5) is 3.59. The molecular weight excluding hydrogens is 749 g/mol. The molecule has 0 bridgehead atoms. The summed E-state index contributed by atoms with van der Waals surface area (Å²) >= 11 is 1.86. The van der Waals surface area contributed by atoms with Crippen LogP contribution in [0.1, 0.15) is 0 Å². The second-order valence-electron chi connectivity index (χ2n) is 15.3. The molecule has 3 nitrogen and oxygen atoms in total. The van der Waals surface area contributed by atoms with E-state index in [2.05, 4.69) is 216 Å². The van der Waals surface area contributed by atoms with E-state index in [1.54, 1.807) is 0 Å². The van der Waals surface area contributed by atoms with Crippen LogP contribution in [0.15, 0.2) is 223 Å². The van der Waals surface area contributed by atoms with E-state index in [9.17, 15) is 0 Å². The number of thiophene rings is 1. The van der Waals surface area contributed by atoms with E-state index >= 15 is 0 Å². The first-order valence-electron chi connectivity index (χ1n) is 20.3. The number of furan rings is 1. The van der Waals surface area contributed by atoms with Crippen LogP contribution in [-0.4, -0.2) is 4.57 Å². The summed E-state index contributed by atoms with van der Waals surface area (Å²) in [5.74, 6) is 0. The van der Waals surface area contributed by atoms with Crippen molar-refractivity contribution in [2.45, 2.75) is 0 Å². The van der Waals surface area contributed by atoms with Gasteiger partial charge in [0.2, 0.25) is 0 Å². The van der Waals surface area contributed by atoms with Gasteiger partial charge in [0.1, 0.15) is 10.4 Å². The molecule has 0 N–H and O–H groups in total. The maximum atomic E-state index is 6.63. The molecule has 3 aromatic heterocycles. The van der Waals surface area contributed by atoms with E-state index in [1.165, 1.54) is 64.7 Å². The van der Waals surface area contributed by atoms with Crippen LogP contribution in [0.4, 0.5) is 17.1 Å². The molecule has 4 heteroatoms. The van der Waals surface area contributed by atoms with Crippen LogP contribution in [0, 0.1) is 0 Å². The maximum Gasteiger partial charge on any atom is 0.159 e. The van der Waals surface area contributed by atoms with Crippen molar-refractivity contribution in [3.63, 3.8) is 0 Å². The van der Waals surface area contributed by atoms with Crippen LogP contribution < -0.4 is 4.90 Å². The Morgan fingerprint density at radius 2 is 0.933 bits per heavy atom. The summed E-state index contributed by atoms with van der Waals surface area (Å²) in [6, 6.07) is 78.4. The minimum absolute atomic E-state index is 0.865. The maximum absolute atomic E-state index is 6.63. The fourth-order valence-corrected chi connectivity index (χ4v) is 10.2. The Morgan fingerprint density at radius 3 is 1.63 bits per heavy atom. The van der Waals surface area contributed by atoms with Crippen LogP contribution in [0.5, 0.6) is 0 Å². The Labute approximate surface area is 351 Å². The zero-order chi connectivity index (χ0) is 39.6. The average molecular weight is 785 g/mol. The van der Waals surface area contributed by atoms with E-state index < -0.39 is 0 Å². The number of benzene rings is 9. The summed E-state index contributed by atoms with van der Waals surface area (Å²) in [6.07, 6.45) is 0. The largest absolute Gasteiger partial charge is 0.454 e. The Balaban J connectivity index is 0.960. The molecule has 3 heterocycles. The monoisotopic (exact) mass is 784 g/mol. The number of fused-ring (bicyclic) bond motifs is 8. The predicted molar refractivity (Wildman–Crippen MR) is 254 cm³/mol. The highest BCUT2D eigenvalue weighted by Gasteiger charge is 2.21. The number of rotatable bonds is 7. The first kappa shape index (κ1) is 34.4. The van der Waals surface area contributed by atoms with Crippen molar-refractivity contribution >= 4 is 81.5 Å². The molecule has 0 atom stereocenters. The van der Waals surface area contributed by atoms with E-state index in [0.717, 1.165) is 44.6 Å². The first-order chi connectivity index (χ1) is 29.7. The highest BCUT2D eigenvalue weighted by molar-refractivity contribution is 7.25. The molecule has 0 aliphatic rings. The topological polar surface area (TPSA) is 21.3 Å². The molecule has 0 unspecified atom stereocenters. The molecule has 0 amide bonds. The molecule has 0 aliphatic carbocycles. The van der Waals surface area contributed by atoms with E-state index in [0.29, 0.717) is 0 Å². The van der Waals surface area contributed by atoms with Gasteiger partial charge in [-0.2, -0.15) is 0 Å². The third-order valence-corrected chi connectivity index (χ3v) is 13.0. The third-order valence-electron chi connectivity index (χ3n) is 11.8. The van der Waals surface area contributed by atoms with Crippen molar-refractivity contribution in [2.24, 2.45) is 0 Å². The smallest absolute Gasteiger partial charge is 0.159 e. The van der Waals surface area contributed by atoms with Crippen molar-refractivity contribution in [3.8, 4) is 39.1 Å². The molecule has 0 aliphatic heterocycles. The molecule has 0 spiro atoms. The fourth-order valence-electron chi connectivity index (χ4n) is 8.93. The summed E-state index contributed by atoms with van der Waals surface area (Å²) in [6.45, 7) is 0. The minimum Gasteiger partial charge on any atom is -0.454 e. The fraction of sp³-hybridized carbons (Fsp3) is 0. The molecular formula is C56H36N2OS. The molecule has 9 aromatic carbocycles. The van der Waals surface area contributed by atoms with Gasteiger partial charge in [0.15, 0.2) is 5.58 Å². The van der Waals surface area contributed by atoms with Gasteiger partial charge in [0.05, 0.1) is 11.2 Å². The first-order valence-corrected chi connectivity index (χ1v) is 21.1. The molecule has 12 aromatic rings. The number of hydrogen-bond donors (Lipinski definition) is 0. The van der Waals surface area contributed by atoms with E-state index in [1.807, 2.05) is 23.5 Å². The predicted octanol–water partition coefficient (Wildman–Crippen LogP) is 16.4. The van der Waals surface area contributed by atoms with Crippen LogP contribution in [0.25, 0.3) is 92.2 Å². The summed E-state index contributed by atoms with van der Waals surface area (Å²) in [5, 5.41) is 6.09. The van der Waals surface area contributed by atoms with Gasteiger partial charge in [-0.05, 0) is 100 Å². The Hall–Kier alpha value is -7.66. The summed E-state index contributed by atoms with van der Waals surface area (Å²) in [5.41, 5.74) is 14.4. The van der Waals surface area contributed by atoms with Gasteiger partial charge in [-0.15, -0.1) is 11.3 Å². The van der Waals surface area contributed by atoms with Gasteiger partial charge in [-0.1, -0.05) is 152 Å². The van der Waals surface area contributed by atoms with Crippen molar-refractivity contribution in [1.29, 1.82) is 0 Å². The van der Waals surface area contributed by atoms with Gasteiger partial charge in [0.25, 0.3) is 0 Å². The Bertz CT molecular complexity index is 3510. The van der Waals surface area contributed by atoms with Crippen LogP contribution in [0.3, 0.4) is 0 Å². The standard InChI is InChI=1S/C56H36N2OS/c1-3-12-37(13-4-1)38-22-24-39(25-23-38)40-26-31-44(32-27-40)57(51-19-11-18-47-46-16-7-9-20-52(46)59-55(47)51)45-33-28-41(29-34-45)42-30-35-50-49(36-42)54-48-17-8-10-21-53(48)60-56(54)58(50)43-14-5-2-6-15-43/h1-36H. The van der Waals surface area contributed by atoms with Gasteiger partial charge in [-0.25, -0.2) is 0 Å². The van der Waals surface area contributed by atoms with Crippen LogP contribution in [-0.2, 0) is 0 Å². The van der Waals surface area contributed by atoms with Crippen LogP contribution >= 0.6 is 11.3 Å². The zero-order valence-corrected chi connectivity index (χ0v) is 33.3. The van der Waals surface area contributed by atoms with Gasteiger partial charge in [-0.3, -0.25) is 0 Å². The lowest BCUT2D eigenvalue weighted by molar-refractivity contribution is 0.669. The summed E-state index contributed by atoms with van der Waals surface area (Å²) < 4.78 is 10.4. The van der Waals surface area contributed by atoms with Gasteiger partial charge >= 0.3 is 0 Å². The van der Waals surface area contributed by atoms with Gasteiger partial charge in [0, 0.05) is 48.7 Å². The SMILES string of the molecule is c1ccc(-c2ccc(-c3ccc(N(c4ccc(-c5ccc6c(c5)c5c7ccccc7sc5n6-c5ccccc5)cc4)c4cccc5c4oc4ccccc45)cc3)cc2)cc1. The second kappa shape index (κ2) is 14.0. The Morgan fingerprint density at radius 1 is 0.400 bits per heavy atom. The Kier molecular flexibility index (Phi) is 8.03. The van der Waals surface area contributed by atoms with Crippen molar-refractivity contribution in [1.82, 2.24) is 4.57 Å². The highest BCUT2D eigenvalue weighted by Crippen LogP contribution is 2.45. The average Bonchev–Trinajstić information content (AvgIpc) is 3.99. The second-order valence-corrected chi connectivity index (χ2v) is 16.3. The van der Waals surface area contributed by atoms with Crippen molar-refractivity contribution in [3.05, 3.63) is 218 Å². The lowest BCUT2D eigenvalue weighted by Crippen LogP contribution is -2.10. The minimum atomic E-state index is 0.865. The molecule has 12 rings (SSSR count). The van der Waals surface area contributed by atoms with E-state index in [4.69, 9.17) is 4.42 Å². The zero-order valence-electron chi connectivity index (χ0n) is 32.5. The lowest BCUT2D eigenvalue weighted by Gasteiger charge is -2.26. The van der Waals surface area contributed by atoms with Crippen molar-refractivity contribution in [2.75, 3.05) is 4.90 Å². The highest BCUT2D eigenvalue weighted by atomic mass is 32.1. The summed E-state index contributed by atoms with van der Waals surface area (Å²) in [7, 11) is 0. The van der Waals surface area contributed by atoms with Crippen molar-refractivity contribution < 1.29 is 4.42 Å². The normalized spacial score (nSPS) is 11.7. The molecule has 60 heavy (non-hydrogen) atoms. The molecule has 282 valence electrons. The quantitative estimate of drug-likeness (QED) is 0.161. The van der Waals surface area contributed by atoms with E-state index in [-0.39, 0.29) is 0 Å². The third kappa shape index (κ3) is 5.65. The molecule has 0 saturated heterocycles. The lowest BCUT2D eigenvalue weighted by atomic mass is 10.00. The molecule has 0 saturated carbocycles. The number of para-hydroxylation sites is 3. The van der Waals surface area contributed by atoms with Crippen LogP contribution in [0.2, 0.25) is 0 Å². The number of anilines is 3. The number of nitrogens with zero attached hydrogens (tertiary/aromatic N) is 2. The number of aromatic nitrogens is 1. The molecule has 0 radical (unpaired) electrons. The molecule has 0 fully saturated rings. The van der Waals surface area contributed by atoms with Gasteiger partial charge < -0.3 is 13.9 Å². The number of hydrogen-bond acceptors (Lipinski definition) is 3.